The van der Waals surface area contributed by atoms with E-state index in [2.05, 4.69) is 180 Å². The lowest BCUT2D eigenvalue weighted by Crippen LogP contribution is -2.38. The average molecular weight is 731 g/mol. The fourth-order valence-electron chi connectivity index (χ4n) is 9.07. The molecule has 5 heterocycles. The number of hydrogen-bond donors (Lipinski definition) is 0. The summed E-state index contributed by atoms with van der Waals surface area (Å²) in [6.45, 7) is 0. The highest BCUT2D eigenvalue weighted by Gasteiger charge is 2.49. The molecule has 8 heteroatoms. The highest BCUT2D eigenvalue weighted by atomic mass is 16.5. The minimum absolute atomic E-state index is 0.716. The third kappa shape index (κ3) is 4.41. The fourth-order valence-corrected chi connectivity index (χ4v) is 9.07. The van der Waals surface area contributed by atoms with Crippen molar-refractivity contribution in [3.8, 4) is 34.5 Å². The minimum atomic E-state index is -0.716. The number of nitrogens with zero attached hydrogens (tertiary/aromatic N) is 6. The van der Waals surface area contributed by atoms with Crippen LogP contribution in [0.1, 0.15) is 22.3 Å². The first-order chi connectivity index (χ1) is 27.3. The van der Waals surface area contributed by atoms with Crippen LogP contribution in [-0.2, 0) is 12.5 Å². The van der Waals surface area contributed by atoms with Gasteiger partial charge in [0.25, 0.3) is 0 Å². The number of fused-ring (bicyclic) bond motifs is 11. The molecule has 6 aromatic carbocycles. The van der Waals surface area contributed by atoms with Crippen LogP contribution >= 0.6 is 0 Å². The van der Waals surface area contributed by atoms with Gasteiger partial charge in [-0.2, -0.15) is 0 Å². The van der Waals surface area contributed by atoms with E-state index in [1.54, 1.807) is 0 Å². The van der Waals surface area contributed by atoms with Crippen LogP contribution in [-0.4, -0.2) is 42.3 Å². The third-order valence-electron chi connectivity index (χ3n) is 11.6. The van der Waals surface area contributed by atoms with Gasteiger partial charge in [0.2, 0.25) is 6.33 Å². The Labute approximate surface area is 324 Å². The number of imidazole rings is 1. The van der Waals surface area contributed by atoms with Gasteiger partial charge in [-0.05, 0) is 90.0 Å². The van der Waals surface area contributed by atoms with Crippen LogP contribution in [0.25, 0.3) is 44.3 Å². The molecule has 0 unspecified atom stereocenters. The number of benzene rings is 6. The van der Waals surface area contributed by atoms with Gasteiger partial charge in [-0.25, -0.2) is 4.98 Å². The van der Waals surface area contributed by atoms with E-state index in [0.717, 1.165) is 90.0 Å². The van der Waals surface area contributed by atoms with Crippen molar-refractivity contribution in [2.45, 2.75) is 5.41 Å². The second kappa shape index (κ2) is 11.7. The van der Waals surface area contributed by atoms with Gasteiger partial charge in [0.15, 0.2) is 0 Å². The van der Waals surface area contributed by atoms with E-state index in [0.29, 0.717) is 0 Å². The SMILES string of the molecule is CN(C)c1ccc2c(c1)C1(c3cc(N(C)C)ccc3O2)c2ccc(Oc3ccc4c5ccccc5n(-c5ccccn5)c4c3)cc2-n2[c-][n+](C)c3cccc1c32. The van der Waals surface area contributed by atoms with E-state index in [9.17, 15) is 0 Å². The molecule has 56 heavy (non-hydrogen) atoms. The Morgan fingerprint density at radius 1 is 0.643 bits per heavy atom. The summed E-state index contributed by atoms with van der Waals surface area (Å²) < 4.78 is 20.1. The molecule has 0 fully saturated rings. The number of rotatable bonds is 5. The quantitative estimate of drug-likeness (QED) is 0.131. The summed E-state index contributed by atoms with van der Waals surface area (Å²) >= 11 is 0. The Balaban J connectivity index is 1.16. The molecule has 0 saturated carbocycles. The molecular weight excluding hydrogens is 693 g/mol. The molecule has 3 aromatic heterocycles. The minimum Gasteiger partial charge on any atom is -0.458 e. The van der Waals surface area contributed by atoms with Crippen molar-refractivity contribution in [1.82, 2.24) is 14.1 Å². The van der Waals surface area contributed by atoms with E-state index >= 15 is 0 Å². The monoisotopic (exact) mass is 730 g/mol. The lowest BCUT2D eigenvalue weighted by atomic mass is 9.61. The first-order valence-corrected chi connectivity index (χ1v) is 18.8. The van der Waals surface area contributed by atoms with Gasteiger partial charge in [-0.15, -0.1) is 0 Å². The Bertz CT molecular complexity index is 3010. The maximum absolute atomic E-state index is 6.84. The molecule has 0 aliphatic carbocycles. The number of aryl methyl sites for hydroxylation is 1. The molecule has 1 spiro atoms. The van der Waals surface area contributed by atoms with Crippen LogP contribution in [0.3, 0.4) is 0 Å². The molecule has 9 aromatic rings. The third-order valence-corrected chi connectivity index (χ3v) is 11.6. The predicted molar refractivity (Wildman–Crippen MR) is 223 cm³/mol. The standard InChI is InChI=1S/C48H38N6O2/c1-50(2)30-16-22-44-38(25-30)48(39-26-31(51(3)4)17-23-45(39)56-44)36-21-19-33(28-43(36)53-29-52(5)41-14-10-12-37(48)47(41)53)55-32-18-20-35-34-11-6-7-13-40(34)54(42(35)27-32)46-15-8-9-24-49-46/h6-28H,1-5H3. The highest BCUT2D eigenvalue weighted by Crippen LogP contribution is 2.60. The zero-order valence-electron chi connectivity index (χ0n) is 31.8. The lowest BCUT2D eigenvalue weighted by molar-refractivity contribution is -0.649. The number of ether oxygens (including phenoxy) is 2. The summed E-state index contributed by atoms with van der Waals surface area (Å²) in [5.74, 6) is 4.01. The zero-order chi connectivity index (χ0) is 37.9. The van der Waals surface area contributed by atoms with Gasteiger partial charge >= 0.3 is 0 Å². The van der Waals surface area contributed by atoms with E-state index in [-0.39, 0.29) is 0 Å². The van der Waals surface area contributed by atoms with Gasteiger partial charge in [-0.3, -0.25) is 4.57 Å². The second-order valence-corrected chi connectivity index (χ2v) is 15.2. The van der Waals surface area contributed by atoms with Crippen LogP contribution in [0.2, 0.25) is 0 Å². The van der Waals surface area contributed by atoms with Crippen LogP contribution in [0, 0.1) is 6.33 Å². The number of hydrogen-bond acceptors (Lipinski definition) is 5. The van der Waals surface area contributed by atoms with Gasteiger partial charge < -0.3 is 28.4 Å². The van der Waals surface area contributed by atoms with Crippen molar-refractivity contribution in [2.75, 3.05) is 38.0 Å². The molecule has 0 amide bonds. The topological polar surface area (TPSA) is 51.6 Å². The van der Waals surface area contributed by atoms with Crippen molar-refractivity contribution < 1.29 is 14.0 Å². The largest absolute Gasteiger partial charge is 0.458 e. The van der Waals surface area contributed by atoms with E-state index in [1.165, 1.54) is 10.9 Å². The fraction of sp³-hybridized carbons (Fsp3) is 0.125. The number of aromatic nitrogens is 4. The molecule has 8 nitrogen and oxygen atoms in total. The molecule has 2 aliphatic heterocycles. The smallest absolute Gasteiger partial charge is 0.244 e. The first-order valence-electron chi connectivity index (χ1n) is 18.8. The van der Waals surface area contributed by atoms with E-state index in [1.807, 2.05) is 24.4 Å². The second-order valence-electron chi connectivity index (χ2n) is 15.2. The molecule has 0 saturated heterocycles. The van der Waals surface area contributed by atoms with Crippen molar-refractivity contribution in [3.63, 3.8) is 0 Å². The Morgan fingerprint density at radius 3 is 2.07 bits per heavy atom. The van der Waals surface area contributed by atoms with Crippen molar-refractivity contribution in [2.24, 2.45) is 7.05 Å². The Hall–Kier alpha value is -7.06. The molecular formula is C48H38N6O2. The van der Waals surface area contributed by atoms with Crippen LogP contribution in [0.4, 0.5) is 11.4 Å². The summed E-state index contributed by atoms with van der Waals surface area (Å²) in [5, 5.41) is 2.31. The van der Waals surface area contributed by atoms with Gasteiger partial charge in [0.1, 0.15) is 28.8 Å². The molecule has 0 atom stereocenters. The normalized spacial score (nSPS) is 13.4. The summed E-state index contributed by atoms with van der Waals surface area (Å²) in [4.78, 5) is 9.03. The van der Waals surface area contributed by atoms with Crippen LogP contribution in [0.15, 0.2) is 140 Å². The van der Waals surface area contributed by atoms with Gasteiger partial charge in [0.05, 0.1) is 40.2 Å². The van der Waals surface area contributed by atoms with Crippen molar-refractivity contribution in [3.05, 3.63) is 168 Å². The highest BCUT2D eigenvalue weighted by molar-refractivity contribution is 6.09. The van der Waals surface area contributed by atoms with Gasteiger partial charge in [-0.1, -0.05) is 48.5 Å². The van der Waals surface area contributed by atoms with Crippen LogP contribution in [0.5, 0.6) is 23.0 Å². The number of pyridine rings is 1. The van der Waals surface area contributed by atoms with Gasteiger partial charge in [0, 0.05) is 73.7 Å². The lowest BCUT2D eigenvalue weighted by Gasteiger charge is -2.46. The first kappa shape index (κ1) is 32.4. The number of para-hydroxylation sites is 2. The van der Waals surface area contributed by atoms with E-state index < -0.39 is 5.41 Å². The van der Waals surface area contributed by atoms with E-state index in [4.69, 9.17) is 14.5 Å². The van der Waals surface area contributed by atoms with Crippen molar-refractivity contribution >= 4 is 44.2 Å². The summed E-state index contributed by atoms with van der Waals surface area (Å²) in [7, 11) is 10.4. The number of anilines is 2. The molecule has 2 aliphatic rings. The maximum atomic E-state index is 6.84. The molecule has 0 radical (unpaired) electrons. The summed E-state index contributed by atoms with van der Waals surface area (Å²) in [5.41, 5.74) is 11.3. The average Bonchev–Trinajstić information content (AvgIpc) is 3.74. The molecule has 272 valence electrons. The Kier molecular flexibility index (Phi) is 6.78. The molecule has 0 bridgehead atoms. The summed E-state index contributed by atoms with van der Waals surface area (Å²) in [6, 6.07) is 47.0. The van der Waals surface area contributed by atoms with Crippen molar-refractivity contribution in [1.29, 1.82) is 0 Å². The zero-order valence-corrected chi connectivity index (χ0v) is 31.8. The maximum Gasteiger partial charge on any atom is 0.244 e. The molecule has 0 N–H and O–H groups in total. The summed E-state index contributed by atoms with van der Waals surface area (Å²) in [6.07, 6.45) is 5.49. The van der Waals surface area contributed by atoms with Crippen LogP contribution < -0.4 is 23.8 Å². The predicted octanol–water partition coefficient (Wildman–Crippen LogP) is 9.47. The molecule has 11 rings (SSSR count). The Morgan fingerprint density at radius 2 is 1.34 bits per heavy atom.